The average Bonchev–Trinajstić information content (AvgIpc) is 2.84. The lowest BCUT2D eigenvalue weighted by molar-refractivity contribution is 0.341. The van der Waals surface area contributed by atoms with Crippen LogP contribution in [-0.4, -0.2) is 11.6 Å². The van der Waals surface area contributed by atoms with Crippen LogP contribution in [0, 0.1) is 6.92 Å². The van der Waals surface area contributed by atoms with Gasteiger partial charge in [0.25, 0.3) is 0 Å². The molecule has 1 heterocycles. The summed E-state index contributed by atoms with van der Waals surface area (Å²) >= 11 is 5.11. The van der Waals surface area contributed by atoms with Crippen LogP contribution in [-0.2, 0) is 0 Å². The molecule has 0 saturated carbocycles. The first kappa shape index (κ1) is 14.4. The van der Waals surface area contributed by atoms with E-state index in [2.05, 4.69) is 45.3 Å². The lowest BCUT2D eigenvalue weighted by Crippen LogP contribution is -1.92. The summed E-state index contributed by atoms with van der Waals surface area (Å²) in [6.45, 7) is 4.74. The number of hydrogen-bond donors (Lipinski definition) is 1. The largest absolute Gasteiger partial charge is 0.494 e. The van der Waals surface area contributed by atoms with E-state index in [1.54, 1.807) is 11.3 Å². The first-order valence-electron chi connectivity index (χ1n) is 6.72. The number of halogens is 1. The van der Waals surface area contributed by atoms with E-state index in [-0.39, 0.29) is 0 Å². The van der Waals surface area contributed by atoms with Gasteiger partial charge in [-0.2, -0.15) is 0 Å². The first-order valence-corrected chi connectivity index (χ1v) is 8.33. The third kappa shape index (κ3) is 3.19. The molecule has 0 unspecified atom stereocenters. The number of thiazole rings is 1. The minimum Gasteiger partial charge on any atom is -0.494 e. The summed E-state index contributed by atoms with van der Waals surface area (Å²) in [6.07, 6.45) is 0. The van der Waals surface area contributed by atoms with Crippen molar-refractivity contribution in [3.8, 4) is 5.75 Å². The smallest absolute Gasteiger partial charge is 0.188 e. The number of ether oxygens (including phenoxy) is 1. The standard InChI is InChI=1S/C16H15BrN2OS/c1-3-20-12-5-7-14-15(9-12)21-16(19-14)18-13-6-4-11(17)8-10(13)2/h4-9H,3H2,1-2H3,(H,18,19). The fourth-order valence-electron chi connectivity index (χ4n) is 2.10. The monoisotopic (exact) mass is 362 g/mol. The van der Waals surface area contributed by atoms with Crippen LogP contribution in [0.4, 0.5) is 10.8 Å². The number of rotatable bonds is 4. The van der Waals surface area contributed by atoms with Crippen molar-refractivity contribution in [2.75, 3.05) is 11.9 Å². The van der Waals surface area contributed by atoms with Gasteiger partial charge in [0.15, 0.2) is 5.13 Å². The number of aromatic nitrogens is 1. The van der Waals surface area contributed by atoms with Gasteiger partial charge in [-0.15, -0.1) is 0 Å². The summed E-state index contributed by atoms with van der Waals surface area (Å²) in [4.78, 5) is 4.61. The normalized spacial score (nSPS) is 10.8. The Morgan fingerprint density at radius 3 is 2.86 bits per heavy atom. The van der Waals surface area contributed by atoms with E-state index in [0.717, 1.165) is 31.3 Å². The second kappa shape index (κ2) is 6.03. The van der Waals surface area contributed by atoms with Crippen LogP contribution in [0.5, 0.6) is 5.75 Å². The van der Waals surface area contributed by atoms with Crippen molar-refractivity contribution in [3.05, 3.63) is 46.4 Å². The minimum atomic E-state index is 0.674. The fourth-order valence-corrected chi connectivity index (χ4v) is 3.48. The van der Waals surface area contributed by atoms with Crippen molar-refractivity contribution < 1.29 is 4.74 Å². The molecule has 0 radical (unpaired) electrons. The third-order valence-corrected chi connectivity index (χ3v) is 4.53. The average molecular weight is 363 g/mol. The number of anilines is 2. The molecule has 0 saturated heterocycles. The number of nitrogens with one attached hydrogen (secondary N) is 1. The van der Waals surface area contributed by atoms with Crippen molar-refractivity contribution in [1.82, 2.24) is 4.98 Å². The lowest BCUT2D eigenvalue weighted by Gasteiger charge is -2.06. The molecule has 0 bridgehead atoms. The number of nitrogens with zero attached hydrogens (tertiary/aromatic N) is 1. The van der Waals surface area contributed by atoms with E-state index in [9.17, 15) is 0 Å². The van der Waals surface area contributed by atoms with E-state index in [1.165, 1.54) is 5.56 Å². The van der Waals surface area contributed by atoms with Gasteiger partial charge < -0.3 is 10.1 Å². The number of fused-ring (bicyclic) bond motifs is 1. The second-order valence-electron chi connectivity index (χ2n) is 4.67. The molecule has 3 nitrogen and oxygen atoms in total. The fraction of sp³-hybridized carbons (Fsp3) is 0.188. The predicted octanol–water partition coefficient (Wildman–Crippen LogP) is 5.51. The molecule has 108 valence electrons. The Morgan fingerprint density at radius 2 is 2.10 bits per heavy atom. The van der Waals surface area contributed by atoms with E-state index in [4.69, 9.17) is 4.74 Å². The van der Waals surface area contributed by atoms with Gasteiger partial charge in [-0.1, -0.05) is 27.3 Å². The highest BCUT2D eigenvalue weighted by Crippen LogP contribution is 2.32. The van der Waals surface area contributed by atoms with E-state index in [1.807, 2.05) is 31.2 Å². The highest BCUT2D eigenvalue weighted by Gasteiger charge is 2.07. The Bertz CT molecular complexity index is 785. The van der Waals surface area contributed by atoms with Gasteiger partial charge in [0, 0.05) is 10.2 Å². The van der Waals surface area contributed by atoms with Crippen LogP contribution >= 0.6 is 27.3 Å². The summed E-state index contributed by atoms with van der Waals surface area (Å²) in [5.74, 6) is 0.889. The highest BCUT2D eigenvalue weighted by molar-refractivity contribution is 9.10. The molecule has 1 aromatic heterocycles. The van der Waals surface area contributed by atoms with Gasteiger partial charge in [0.2, 0.25) is 0 Å². The van der Waals surface area contributed by atoms with Crippen LogP contribution < -0.4 is 10.1 Å². The van der Waals surface area contributed by atoms with E-state index in [0.29, 0.717) is 6.61 Å². The summed E-state index contributed by atoms with van der Waals surface area (Å²) in [7, 11) is 0. The molecule has 0 fully saturated rings. The molecular weight excluding hydrogens is 348 g/mol. The van der Waals surface area contributed by atoms with Crippen molar-refractivity contribution in [1.29, 1.82) is 0 Å². The van der Waals surface area contributed by atoms with Crippen LogP contribution in [0.15, 0.2) is 40.9 Å². The maximum absolute atomic E-state index is 5.53. The van der Waals surface area contributed by atoms with Gasteiger partial charge in [-0.3, -0.25) is 0 Å². The van der Waals surface area contributed by atoms with Crippen molar-refractivity contribution in [3.63, 3.8) is 0 Å². The molecule has 0 spiro atoms. The Kier molecular flexibility index (Phi) is 4.12. The van der Waals surface area contributed by atoms with Gasteiger partial charge in [0.1, 0.15) is 5.75 Å². The van der Waals surface area contributed by atoms with Crippen molar-refractivity contribution in [2.24, 2.45) is 0 Å². The SMILES string of the molecule is CCOc1ccc2nc(Nc3ccc(Br)cc3C)sc2c1. The zero-order valence-electron chi connectivity index (χ0n) is 11.8. The molecule has 0 aliphatic rings. The van der Waals surface area contributed by atoms with Crippen molar-refractivity contribution >= 4 is 48.3 Å². The minimum absolute atomic E-state index is 0.674. The molecule has 0 aliphatic carbocycles. The molecular formula is C16H15BrN2OS. The third-order valence-electron chi connectivity index (χ3n) is 3.10. The zero-order chi connectivity index (χ0) is 14.8. The van der Waals surface area contributed by atoms with Crippen LogP contribution in [0.25, 0.3) is 10.2 Å². The Labute approximate surface area is 136 Å². The zero-order valence-corrected chi connectivity index (χ0v) is 14.2. The maximum Gasteiger partial charge on any atom is 0.188 e. The molecule has 0 amide bonds. The first-order chi connectivity index (χ1) is 10.2. The molecule has 1 N–H and O–H groups in total. The number of hydrogen-bond acceptors (Lipinski definition) is 4. The second-order valence-corrected chi connectivity index (χ2v) is 6.61. The van der Waals surface area contributed by atoms with Crippen LogP contribution in [0.3, 0.4) is 0 Å². The topological polar surface area (TPSA) is 34.1 Å². The molecule has 3 aromatic rings. The quantitative estimate of drug-likeness (QED) is 0.664. The van der Waals surface area contributed by atoms with Gasteiger partial charge in [-0.25, -0.2) is 4.98 Å². The molecule has 3 rings (SSSR count). The number of benzene rings is 2. The molecule has 0 atom stereocenters. The van der Waals surface area contributed by atoms with Gasteiger partial charge in [-0.05, 0) is 55.8 Å². The maximum atomic E-state index is 5.53. The summed E-state index contributed by atoms with van der Waals surface area (Å²) < 4.78 is 7.73. The molecule has 21 heavy (non-hydrogen) atoms. The molecule has 0 aliphatic heterocycles. The van der Waals surface area contributed by atoms with E-state index >= 15 is 0 Å². The lowest BCUT2D eigenvalue weighted by atomic mass is 10.2. The summed E-state index contributed by atoms with van der Waals surface area (Å²) in [6, 6.07) is 12.2. The molecule has 2 aromatic carbocycles. The highest BCUT2D eigenvalue weighted by atomic mass is 79.9. The van der Waals surface area contributed by atoms with E-state index < -0.39 is 0 Å². The number of aryl methyl sites for hydroxylation is 1. The molecule has 5 heteroatoms. The van der Waals surface area contributed by atoms with Gasteiger partial charge >= 0.3 is 0 Å². The van der Waals surface area contributed by atoms with Crippen LogP contribution in [0.2, 0.25) is 0 Å². The predicted molar refractivity (Wildman–Crippen MR) is 93.0 cm³/mol. The Morgan fingerprint density at radius 1 is 1.24 bits per heavy atom. The summed E-state index contributed by atoms with van der Waals surface area (Å²) in [5, 5.41) is 4.28. The Hall–Kier alpha value is -1.59. The van der Waals surface area contributed by atoms with Crippen LogP contribution in [0.1, 0.15) is 12.5 Å². The van der Waals surface area contributed by atoms with Crippen molar-refractivity contribution in [2.45, 2.75) is 13.8 Å². The Balaban J connectivity index is 1.90. The summed E-state index contributed by atoms with van der Waals surface area (Å²) in [5.41, 5.74) is 3.24. The van der Waals surface area contributed by atoms with Gasteiger partial charge in [0.05, 0.1) is 16.8 Å².